The van der Waals surface area contributed by atoms with Crippen LogP contribution in [-0.2, 0) is 32.7 Å². The quantitative estimate of drug-likeness (QED) is 0.420. The van der Waals surface area contributed by atoms with Gasteiger partial charge in [0.15, 0.2) is 0 Å². The molecule has 0 saturated heterocycles. The van der Waals surface area contributed by atoms with Crippen LogP contribution in [0.1, 0.15) is 65.7 Å². The number of rotatable bonds is 8. The fourth-order valence-corrected chi connectivity index (χ4v) is 1.51. The minimum atomic E-state index is 0. The van der Waals surface area contributed by atoms with Crippen LogP contribution in [-0.4, -0.2) is 0 Å². The second kappa shape index (κ2) is 15.1. The van der Waals surface area contributed by atoms with Crippen LogP contribution in [0.25, 0.3) is 0 Å². The third-order valence-electron chi connectivity index (χ3n) is 3.08. The minimum Gasteiger partial charge on any atom is -0.358 e. The second-order valence-electron chi connectivity index (χ2n) is 4.55. The predicted molar refractivity (Wildman–Crippen MR) is 68.1 cm³/mol. The Labute approximate surface area is 124 Å². The van der Waals surface area contributed by atoms with Gasteiger partial charge in [-0.15, -0.1) is 0 Å². The normalized spacial score (nSPS) is 13.6. The Balaban J connectivity index is -0.000000720. The summed E-state index contributed by atoms with van der Waals surface area (Å²) in [5, 5.41) is 0. The van der Waals surface area contributed by atoms with E-state index >= 15 is 0 Å². The van der Waals surface area contributed by atoms with Crippen molar-refractivity contribution >= 4 is 0 Å². The van der Waals surface area contributed by atoms with Gasteiger partial charge in [0.2, 0.25) is 0 Å². The molecule has 2 unspecified atom stereocenters. The van der Waals surface area contributed by atoms with Gasteiger partial charge in [-0.3, -0.25) is 0 Å². The van der Waals surface area contributed by atoms with Gasteiger partial charge >= 0.3 is 0 Å². The van der Waals surface area contributed by atoms with Gasteiger partial charge in [-0.1, -0.05) is 65.2 Å². The van der Waals surface area contributed by atoms with E-state index in [4.69, 9.17) is 0 Å². The van der Waals surface area contributed by atoms with E-state index in [0.717, 1.165) is 18.3 Å². The van der Waals surface area contributed by atoms with Gasteiger partial charge in [0, 0.05) is 32.7 Å². The first kappa shape index (κ1) is 21.4. The molecular weight excluding hydrogens is 257 g/mol. The first-order valence-electron chi connectivity index (χ1n) is 5.99. The molecule has 0 nitrogen and oxygen atoms in total. The van der Waals surface area contributed by atoms with E-state index in [0.29, 0.717) is 0 Å². The van der Waals surface area contributed by atoms with Gasteiger partial charge in [0.25, 0.3) is 0 Å². The third-order valence-corrected chi connectivity index (χ3v) is 3.08. The van der Waals surface area contributed by atoms with Crippen molar-refractivity contribution in [2.75, 3.05) is 0 Å². The SMILES string of the molecule is [CH2-]CC(C)CCCCCC(C)CC.[CH3-].[Y]. The van der Waals surface area contributed by atoms with Crippen LogP contribution in [0.5, 0.6) is 0 Å². The van der Waals surface area contributed by atoms with E-state index in [9.17, 15) is 0 Å². The summed E-state index contributed by atoms with van der Waals surface area (Å²) < 4.78 is 0. The molecule has 0 aromatic carbocycles. The first-order chi connectivity index (χ1) is 6.20. The second-order valence-corrected chi connectivity index (χ2v) is 4.55. The van der Waals surface area contributed by atoms with Crippen molar-refractivity contribution in [3.8, 4) is 0 Å². The summed E-state index contributed by atoms with van der Waals surface area (Å²) in [7, 11) is 0. The fraction of sp³-hybridized carbons (Fsp3) is 0.857. The fourth-order valence-electron chi connectivity index (χ4n) is 1.51. The molecule has 0 aliphatic carbocycles. The molecule has 0 heterocycles. The molecule has 0 aromatic rings. The van der Waals surface area contributed by atoms with Crippen LogP contribution >= 0.6 is 0 Å². The summed E-state index contributed by atoms with van der Waals surface area (Å²) in [6.45, 7) is 10.9. The molecule has 2 atom stereocenters. The summed E-state index contributed by atoms with van der Waals surface area (Å²) in [5.41, 5.74) is 0. The molecule has 1 heteroatoms. The summed E-state index contributed by atoms with van der Waals surface area (Å²) >= 11 is 0. The van der Waals surface area contributed by atoms with E-state index in [-0.39, 0.29) is 40.1 Å². The topological polar surface area (TPSA) is 0 Å². The van der Waals surface area contributed by atoms with Crippen LogP contribution < -0.4 is 0 Å². The molecule has 0 bridgehead atoms. The Bertz CT molecular complexity index is 89.5. The van der Waals surface area contributed by atoms with E-state index in [1.54, 1.807) is 0 Å². The maximum absolute atomic E-state index is 3.93. The summed E-state index contributed by atoms with van der Waals surface area (Å²) in [6, 6.07) is 0. The van der Waals surface area contributed by atoms with E-state index in [2.05, 4.69) is 27.7 Å². The maximum atomic E-state index is 3.93. The molecule has 0 saturated carbocycles. The zero-order valence-corrected chi connectivity index (χ0v) is 14.2. The number of unbranched alkanes of at least 4 members (excludes halogenated alkanes) is 2. The van der Waals surface area contributed by atoms with E-state index in [1.807, 2.05) is 0 Å². The van der Waals surface area contributed by atoms with E-state index in [1.165, 1.54) is 38.5 Å². The molecule has 15 heavy (non-hydrogen) atoms. The molecule has 0 amide bonds. The Morgan fingerprint density at radius 2 is 1.40 bits per heavy atom. The van der Waals surface area contributed by atoms with Gasteiger partial charge < -0.3 is 14.4 Å². The van der Waals surface area contributed by atoms with E-state index < -0.39 is 0 Å². The molecule has 0 N–H and O–H groups in total. The monoisotopic (exact) mass is 287 g/mol. The molecule has 0 spiro atoms. The Kier molecular flexibility index (Phi) is 21.5. The summed E-state index contributed by atoms with van der Waals surface area (Å²) in [5.74, 6) is 1.77. The van der Waals surface area contributed by atoms with Gasteiger partial charge in [0.1, 0.15) is 0 Å². The van der Waals surface area contributed by atoms with Crippen molar-refractivity contribution in [3.05, 3.63) is 14.4 Å². The molecule has 1 radical (unpaired) electrons. The molecule has 0 fully saturated rings. The van der Waals surface area contributed by atoms with Gasteiger partial charge in [-0.25, -0.2) is 0 Å². The minimum absolute atomic E-state index is 0. The van der Waals surface area contributed by atoms with Crippen LogP contribution in [0.15, 0.2) is 0 Å². The Morgan fingerprint density at radius 3 is 1.80 bits per heavy atom. The van der Waals surface area contributed by atoms with Crippen molar-refractivity contribution in [2.45, 2.75) is 65.7 Å². The predicted octanol–water partition coefficient (Wildman–Crippen LogP) is 5.29. The molecule has 91 valence electrons. The van der Waals surface area contributed by atoms with Crippen molar-refractivity contribution in [1.29, 1.82) is 0 Å². The average Bonchev–Trinajstić information content (AvgIpc) is 2.16. The van der Waals surface area contributed by atoms with Crippen LogP contribution in [0.4, 0.5) is 0 Å². The van der Waals surface area contributed by atoms with Gasteiger partial charge in [0.05, 0.1) is 0 Å². The number of hydrogen-bond acceptors (Lipinski definition) is 0. The maximum Gasteiger partial charge on any atom is 0 e. The van der Waals surface area contributed by atoms with Crippen LogP contribution in [0.3, 0.4) is 0 Å². The summed E-state index contributed by atoms with van der Waals surface area (Å²) in [6.07, 6.45) is 9.51. The van der Waals surface area contributed by atoms with Crippen molar-refractivity contribution < 1.29 is 32.7 Å². The Hall–Kier alpha value is 1.10. The summed E-state index contributed by atoms with van der Waals surface area (Å²) in [4.78, 5) is 0. The molecule has 0 aliphatic rings. The zero-order chi connectivity index (χ0) is 10.1. The standard InChI is InChI=1S/C13H27.CH3.Y/c1-5-12(3)10-8-7-9-11-13(4)6-2;;/h12-13H,1,5-11H2,2-4H3;1H3;/q2*-1;. The van der Waals surface area contributed by atoms with Crippen molar-refractivity contribution in [3.63, 3.8) is 0 Å². The van der Waals surface area contributed by atoms with Crippen molar-refractivity contribution in [2.24, 2.45) is 11.8 Å². The molecular formula is C14H30Y-2. The Morgan fingerprint density at radius 1 is 0.933 bits per heavy atom. The number of hydrogen-bond donors (Lipinski definition) is 0. The average molecular weight is 287 g/mol. The molecule has 0 aromatic heterocycles. The smallest absolute Gasteiger partial charge is 0 e. The third kappa shape index (κ3) is 15.1. The van der Waals surface area contributed by atoms with Crippen LogP contribution in [0, 0.1) is 26.2 Å². The van der Waals surface area contributed by atoms with Gasteiger partial charge in [-0.05, 0) is 5.92 Å². The first-order valence-corrected chi connectivity index (χ1v) is 5.99. The largest absolute Gasteiger partial charge is 0.358 e. The molecule has 0 rings (SSSR count). The van der Waals surface area contributed by atoms with Crippen molar-refractivity contribution in [1.82, 2.24) is 0 Å². The van der Waals surface area contributed by atoms with Crippen LogP contribution in [0.2, 0.25) is 0 Å². The van der Waals surface area contributed by atoms with Gasteiger partial charge in [-0.2, -0.15) is 6.42 Å². The zero-order valence-electron chi connectivity index (χ0n) is 11.4. The molecule has 0 aliphatic heterocycles.